The molecule has 2 fully saturated rings. The number of carbonyl (C=O) groups excluding carboxylic acids is 2. The Balaban J connectivity index is 1.46. The van der Waals surface area contributed by atoms with Gasteiger partial charge in [0.2, 0.25) is 5.91 Å². The molecule has 0 aromatic heterocycles. The van der Waals surface area contributed by atoms with Crippen molar-refractivity contribution in [2.24, 2.45) is 5.92 Å². The number of hydroxylamine groups is 1. The van der Waals surface area contributed by atoms with Crippen molar-refractivity contribution in [3.8, 4) is 0 Å². The van der Waals surface area contributed by atoms with Gasteiger partial charge in [0.25, 0.3) is 5.91 Å². The van der Waals surface area contributed by atoms with Gasteiger partial charge >= 0.3 is 0 Å². The van der Waals surface area contributed by atoms with Gasteiger partial charge in [-0.15, -0.1) is 0 Å². The molecule has 0 spiro atoms. The van der Waals surface area contributed by atoms with Crippen molar-refractivity contribution < 1.29 is 14.4 Å². The van der Waals surface area contributed by atoms with E-state index in [4.69, 9.17) is 16.4 Å². The van der Waals surface area contributed by atoms with E-state index in [9.17, 15) is 9.59 Å². The van der Waals surface area contributed by atoms with Gasteiger partial charge in [0.1, 0.15) is 5.92 Å². The molecule has 2 aliphatic rings. The maximum Gasteiger partial charge on any atom is 0.266 e. The van der Waals surface area contributed by atoms with Crippen LogP contribution in [0.3, 0.4) is 0 Å². The Bertz CT molecular complexity index is 1370. The molecule has 4 aromatic rings. The van der Waals surface area contributed by atoms with E-state index in [0.717, 1.165) is 22.0 Å². The van der Waals surface area contributed by atoms with Crippen LogP contribution in [0.1, 0.15) is 11.6 Å². The summed E-state index contributed by atoms with van der Waals surface area (Å²) in [4.78, 5) is 34.9. The summed E-state index contributed by atoms with van der Waals surface area (Å²) < 4.78 is 0. The maximum atomic E-state index is 13.8. The summed E-state index contributed by atoms with van der Waals surface area (Å²) in [6, 6.07) is 29.8. The molecule has 0 radical (unpaired) electrons. The molecule has 0 aliphatic carbocycles. The lowest BCUT2D eigenvalue weighted by molar-refractivity contribution is -0.126. The normalized spacial score (nSPS) is 22.3. The Hall–Kier alpha value is -3.67. The van der Waals surface area contributed by atoms with E-state index < -0.39 is 18.1 Å². The van der Waals surface area contributed by atoms with E-state index in [1.165, 1.54) is 4.90 Å². The van der Waals surface area contributed by atoms with Gasteiger partial charge in [-0.1, -0.05) is 78.3 Å². The van der Waals surface area contributed by atoms with Crippen LogP contribution in [0.15, 0.2) is 97.1 Å². The zero-order valence-electron chi connectivity index (χ0n) is 17.5. The highest BCUT2D eigenvalue weighted by molar-refractivity contribution is 6.30. The van der Waals surface area contributed by atoms with Crippen molar-refractivity contribution in [1.29, 1.82) is 0 Å². The van der Waals surface area contributed by atoms with E-state index >= 15 is 0 Å². The first kappa shape index (κ1) is 20.0. The Morgan fingerprint density at radius 1 is 0.727 bits per heavy atom. The first-order valence-electron chi connectivity index (χ1n) is 10.8. The van der Waals surface area contributed by atoms with Crippen LogP contribution in [0.2, 0.25) is 5.02 Å². The Morgan fingerprint density at radius 3 is 2.21 bits per heavy atom. The fourth-order valence-corrected chi connectivity index (χ4v) is 4.98. The summed E-state index contributed by atoms with van der Waals surface area (Å²) in [5.74, 6) is -1.30. The molecular formula is C27H19ClN2O3. The number of hydrogen-bond acceptors (Lipinski definition) is 4. The third-order valence-electron chi connectivity index (χ3n) is 6.35. The second kappa shape index (κ2) is 7.73. The highest BCUT2D eigenvalue weighted by Crippen LogP contribution is 2.48. The minimum absolute atomic E-state index is 0.264. The average Bonchev–Trinajstić information content (AvgIpc) is 3.36. The topological polar surface area (TPSA) is 49.9 Å². The van der Waals surface area contributed by atoms with E-state index in [1.54, 1.807) is 17.2 Å². The fourth-order valence-electron chi connectivity index (χ4n) is 4.85. The molecule has 2 saturated heterocycles. The standard InChI is InChI=1S/C27H19ClN2O3/c28-19-15-13-18(14-16-19)24-23-25(33-30(24)20-9-2-1-3-10-20)27(32)29(26(23)31)22-12-6-8-17-7-4-5-11-21(17)22/h1-16,23-25H/t23-,24+,25-/m1/s1. The Morgan fingerprint density at radius 2 is 1.42 bits per heavy atom. The van der Waals surface area contributed by atoms with E-state index in [-0.39, 0.29) is 11.8 Å². The SMILES string of the molecule is O=C1[C@H]2[C@@H](ON(c3ccccc3)[C@H]2c2ccc(Cl)cc2)C(=O)N1c1cccc2ccccc12. The number of benzene rings is 4. The highest BCUT2D eigenvalue weighted by atomic mass is 35.5. The van der Waals surface area contributed by atoms with Crippen LogP contribution in [0.4, 0.5) is 11.4 Å². The lowest BCUT2D eigenvalue weighted by Gasteiger charge is -2.29. The van der Waals surface area contributed by atoms with Gasteiger partial charge in [0.05, 0.1) is 17.4 Å². The molecule has 2 aliphatic heterocycles. The number of carbonyl (C=O) groups is 2. The third-order valence-corrected chi connectivity index (χ3v) is 6.60. The van der Waals surface area contributed by atoms with Crippen LogP contribution < -0.4 is 9.96 Å². The number of hydrogen-bond donors (Lipinski definition) is 0. The summed E-state index contributed by atoms with van der Waals surface area (Å²) in [5.41, 5.74) is 2.23. The molecule has 162 valence electrons. The lowest BCUT2D eigenvalue weighted by atomic mass is 9.90. The van der Waals surface area contributed by atoms with Gasteiger partial charge < -0.3 is 0 Å². The quantitative estimate of drug-likeness (QED) is 0.381. The number of halogens is 1. The van der Waals surface area contributed by atoms with Crippen molar-refractivity contribution in [3.05, 3.63) is 108 Å². The van der Waals surface area contributed by atoms with Gasteiger partial charge in [-0.2, -0.15) is 0 Å². The van der Waals surface area contributed by atoms with Crippen molar-refractivity contribution in [1.82, 2.24) is 0 Å². The van der Waals surface area contributed by atoms with Crippen LogP contribution >= 0.6 is 11.6 Å². The minimum Gasteiger partial charge on any atom is -0.273 e. The zero-order chi connectivity index (χ0) is 22.5. The molecule has 0 saturated carbocycles. The smallest absolute Gasteiger partial charge is 0.266 e. The summed E-state index contributed by atoms with van der Waals surface area (Å²) in [5, 5.41) is 4.11. The molecule has 2 amide bonds. The number of fused-ring (bicyclic) bond motifs is 2. The molecule has 0 N–H and O–H groups in total. The predicted molar refractivity (Wildman–Crippen MR) is 128 cm³/mol. The Kier molecular flexibility index (Phi) is 4.68. The molecule has 5 nitrogen and oxygen atoms in total. The highest BCUT2D eigenvalue weighted by Gasteiger charge is 2.60. The summed E-state index contributed by atoms with van der Waals surface area (Å²) in [6.45, 7) is 0. The summed E-state index contributed by atoms with van der Waals surface area (Å²) in [6.07, 6.45) is -0.905. The number of para-hydroxylation sites is 1. The molecule has 4 aromatic carbocycles. The van der Waals surface area contributed by atoms with Crippen LogP contribution in [-0.2, 0) is 14.4 Å². The zero-order valence-corrected chi connectivity index (χ0v) is 18.2. The van der Waals surface area contributed by atoms with Crippen molar-refractivity contribution in [2.45, 2.75) is 12.1 Å². The minimum atomic E-state index is -0.905. The van der Waals surface area contributed by atoms with Gasteiger partial charge in [-0.3, -0.25) is 14.4 Å². The van der Waals surface area contributed by atoms with E-state index in [1.807, 2.05) is 84.9 Å². The number of anilines is 2. The van der Waals surface area contributed by atoms with Crippen molar-refractivity contribution in [2.75, 3.05) is 9.96 Å². The van der Waals surface area contributed by atoms with Crippen molar-refractivity contribution >= 4 is 45.6 Å². The lowest BCUT2D eigenvalue weighted by Crippen LogP contribution is -2.37. The molecule has 33 heavy (non-hydrogen) atoms. The molecule has 6 rings (SSSR count). The number of nitrogens with zero attached hydrogens (tertiary/aromatic N) is 2. The first-order valence-corrected chi connectivity index (χ1v) is 11.1. The number of amides is 2. The van der Waals surface area contributed by atoms with Crippen molar-refractivity contribution in [3.63, 3.8) is 0 Å². The third kappa shape index (κ3) is 3.12. The van der Waals surface area contributed by atoms with Crippen LogP contribution in [0.5, 0.6) is 0 Å². The first-order chi connectivity index (χ1) is 16.1. The van der Waals surface area contributed by atoms with Gasteiger partial charge in [0.15, 0.2) is 6.10 Å². The second-order valence-electron chi connectivity index (χ2n) is 8.22. The summed E-state index contributed by atoms with van der Waals surface area (Å²) >= 11 is 6.12. The van der Waals surface area contributed by atoms with Gasteiger partial charge in [-0.25, -0.2) is 9.96 Å². The maximum absolute atomic E-state index is 13.8. The molecule has 3 atom stereocenters. The predicted octanol–water partition coefficient (Wildman–Crippen LogP) is 5.54. The molecule has 0 bridgehead atoms. The van der Waals surface area contributed by atoms with Gasteiger partial charge in [-0.05, 0) is 41.3 Å². The monoisotopic (exact) mass is 454 g/mol. The van der Waals surface area contributed by atoms with Gasteiger partial charge in [0, 0.05) is 10.4 Å². The number of rotatable bonds is 3. The number of imide groups is 1. The second-order valence-corrected chi connectivity index (χ2v) is 8.66. The fraction of sp³-hybridized carbons (Fsp3) is 0.111. The molecule has 2 heterocycles. The Labute approximate surface area is 195 Å². The molecule has 0 unspecified atom stereocenters. The van der Waals surface area contributed by atoms with E-state index in [0.29, 0.717) is 10.7 Å². The molecule has 6 heteroatoms. The summed E-state index contributed by atoms with van der Waals surface area (Å²) in [7, 11) is 0. The van der Waals surface area contributed by atoms with E-state index in [2.05, 4.69) is 0 Å². The van der Waals surface area contributed by atoms with Crippen LogP contribution in [0.25, 0.3) is 10.8 Å². The van der Waals surface area contributed by atoms with Crippen LogP contribution in [0, 0.1) is 5.92 Å². The largest absolute Gasteiger partial charge is 0.273 e. The molecular weight excluding hydrogens is 436 g/mol. The van der Waals surface area contributed by atoms with Crippen LogP contribution in [-0.4, -0.2) is 17.9 Å². The average molecular weight is 455 g/mol.